The molecule has 0 radical (unpaired) electrons. The van der Waals surface area contributed by atoms with E-state index in [9.17, 15) is 15.0 Å². The Morgan fingerprint density at radius 3 is 2.46 bits per heavy atom. The van der Waals surface area contributed by atoms with Crippen molar-refractivity contribution in [3.8, 4) is 0 Å². The van der Waals surface area contributed by atoms with Crippen molar-refractivity contribution in [2.75, 3.05) is 32.8 Å². The Hall–Kier alpha value is -0.890. The van der Waals surface area contributed by atoms with Crippen LogP contribution in [0.5, 0.6) is 0 Å². The number of piperazine rings is 1. The molecule has 3 atom stereocenters. The number of rotatable bonds is 5. The van der Waals surface area contributed by atoms with Crippen LogP contribution in [0.4, 0.5) is 4.79 Å². The largest absolute Gasteiger partial charge is 0.447 e. The molecule has 7 nitrogen and oxygen atoms in total. The number of aliphatic hydroxyl groups excluding tert-OH is 2. The van der Waals surface area contributed by atoms with E-state index in [0.717, 1.165) is 0 Å². The molecule has 2 N–H and O–H groups in total. The second kappa shape index (κ2) is 7.15. The predicted molar refractivity (Wildman–Crippen MR) is 89.8 cm³/mol. The molecule has 2 rings (SSSR count). The van der Waals surface area contributed by atoms with E-state index in [-0.39, 0.29) is 24.4 Å². The van der Waals surface area contributed by atoms with Crippen LogP contribution in [-0.4, -0.2) is 88.3 Å². The van der Waals surface area contributed by atoms with Gasteiger partial charge in [-0.05, 0) is 34.6 Å². The van der Waals surface area contributed by atoms with Crippen molar-refractivity contribution < 1.29 is 24.5 Å². The van der Waals surface area contributed by atoms with Crippen molar-refractivity contribution in [3.63, 3.8) is 0 Å². The highest BCUT2D eigenvalue weighted by Gasteiger charge is 2.62. The molecule has 1 aliphatic heterocycles. The Morgan fingerprint density at radius 2 is 1.96 bits per heavy atom. The van der Waals surface area contributed by atoms with Gasteiger partial charge in [0.1, 0.15) is 0 Å². The highest BCUT2D eigenvalue weighted by Crippen LogP contribution is 2.45. The predicted octanol–water partition coefficient (Wildman–Crippen LogP) is 0.828. The van der Waals surface area contributed by atoms with E-state index in [4.69, 9.17) is 9.47 Å². The van der Waals surface area contributed by atoms with Crippen LogP contribution in [0.15, 0.2) is 0 Å². The molecule has 2 fully saturated rings. The maximum absolute atomic E-state index is 12.3. The van der Waals surface area contributed by atoms with Crippen molar-refractivity contribution in [1.82, 2.24) is 9.80 Å². The summed E-state index contributed by atoms with van der Waals surface area (Å²) in [7, 11) is 0. The molecule has 0 aromatic heterocycles. The quantitative estimate of drug-likeness (QED) is 0.769. The molecule has 1 saturated heterocycles. The number of hydrogen-bond acceptors (Lipinski definition) is 6. The van der Waals surface area contributed by atoms with E-state index in [1.54, 1.807) is 4.90 Å². The fourth-order valence-electron chi connectivity index (χ4n) is 3.14. The summed E-state index contributed by atoms with van der Waals surface area (Å²) in [4.78, 5) is 16.0. The lowest BCUT2D eigenvalue weighted by molar-refractivity contribution is -0.0635. The smallest absolute Gasteiger partial charge is 0.410 e. The fraction of sp³-hybridized carbons (Fsp3) is 0.941. The number of ether oxygens (including phenoxy) is 2. The summed E-state index contributed by atoms with van der Waals surface area (Å²) in [5, 5.41) is 20.3. The number of carbonyl (C=O) groups excluding carboxylic acids is 1. The molecular formula is C17H32N2O5. The lowest BCUT2D eigenvalue weighted by Crippen LogP contribution is -2.60. The van der Waals surface area contributed by atoms with Crippen LogP contribution in [0.2, 0.25) is 0 Å². The number of hydrogen-bond donors (Lipinski definition) is 2. The van der Waals surface area contributed by atoms with Gasteiger partial charge in [0.05, 0.1) is 36.1 Å². The van der Waals surface area contributed by atoms with E-state index in [1.807, 2.05) is 34.6 Å². The van der Waals surface area contributed by atoms with Crippen LogP contribution >= 0.6 is 0 Å². The van der Waals surface area contributed by atoms with E-state index >= 15 is 0 Å². The first kappa shape index (κ1) is 19.4. The number of β-amino-alcohol motifs (C(OH)–C–C–N with tert-alkyl or cyclic N) is 1. The number of amides is 1. The topological polar surface area (TPSA) is 82.5 Å². The van der Waals surface area contributed by atoms with Crippen LogP contribution in [0.25, 0.3) is 0 Å². The third kappa shape index (κ3) is 4.81. The maximum Gasteiger partial charge on any atom is 0.410 e. The van der Waals surface area contributed by atoms with Crippen LogP contribution in [0.3, 0.4) is 0 Å². The molecule has 1 saturated carbocycles. The van der Waals surface area contributed by atoms with Gasteiger partial charge in [0, 0.05) is 32.6 Å². The third-order valence-electron chi connectivity index (χ3n) is 4.42. The minimum atomic E-state index is -0.591. The van der Waals surface area contributed by atoms with Gasteiger partial charge in [0.25, 0.3) is 0 Å². The first-order valence-corrected chi connectivity index (χ1v) is 8.74. The molecule has 1 heterocycles. The monoisotopic (exact) mass is 344 g/mol. The summed E-state index contributed by atoms with van der Waals surface area (Å²) in [6.07, 6.45) is -1.10. The first-order chi connectivity index (χ1) is 11.0. The van der Waals surface area contributed by atoms with Gasteiger partial charge in [-0.15, -0.1) is 0 Å². The van der Waals surface area contributed by atoms with Gasteiger partial charge in [0.2, 0.25) is 0 Å². The van der Waals surface area contributed by atoms with Gasteiger partial charge in [-0.25, -0.2) is 4.79 Å². The standard InChI is InChI=1S/C17H32N2O5/c1-12(2)24-15(22)19-7-6-18(11-17(19)8-14(17)21)9-13(20)10-23-16(3,4)5/h12-14,20-21H,6-11H2,1-5H3/t13?,14-,17-/m1/s1. The molecule has 0 bridgehead atoms. The summed E-state index contributed by atoms with van der Waals surface area (Å²) < 4.78 is 10.9. The zero-order valence-electron chi connectivity index (χ0n) is 15.5. The fourth-order valence-corrected chi connectivity index (χ4v) is 3.14. The van der Waals surface area contributed by atoms with E-state index in [1.165, 1.54) is 0 Å². The van der Waals surface area contributed by atoms with Crippen molar-refractivity contribution >= 4 is 6.09 Å². The molecule has 1 unspecified atom stereocenters. The van der Waals surface area contributed by atoms with Gasteiger partial charge < -0.3 is 19.7 Å². The lowest BCUT2D eigenvalue weighted by Gasteiger charge is -2.42. The maximum atomic E-state index is 12.3. The van der Waals surface area contributed by atoms with Gasteiger partial charge in [0.15, 0.2) is 0 Å². The molecule has 0 aromatic rings. The van der Waals surface area contributed by atoms with Crippen molar-refractivity contribution in [2.45, 2.75) is 70.5 Å². The molecule has 1 aliphatic carbocycles. The van der Waals surface area contributed by atoms with Gasteiger partial charge in [-0.3, -0.25) is 9.80 Å². The molecule has 2 aliphatic rings. The Balaban J connectivity index is 1.89. The minimum absolute atomic E-state index is 0.181. The van der Waals surface area contributed by atoms with Crippen LogP contribution in [-0.2, 0) is 9.47 Å². The molecular weight excluding hydrogens is 312 g/mol. The molecule has 140 valence electrons. The van der Waals surface area contributed by atoms with E-state index < -0.39 is 17.7 Å². The Morgan fingerprint density at radius 1 is 1.33 bits per heavy atom. The summed E-state index contributed by atoms with van der Waals surface area (Å²) in [6.45, 7) is 11.9. The molecule has 0 aromatic carbocycles. The molecule has 1 spiro atoms. The average molecular weight is 344 g/mol. The molecule has 1 amide bonds. The van der Waals surface area contributed by atoms with E-state index in [2.05, 4.69) is 4.90 Å². The average Bonchev–Trinajstić information content (AvgIpc) is 3.04. The first-order valence-electron chi connectivity index (χ1n) is 8.74. The van der Waals surface area contributed by atoms with Gasteiger partial charge >= 0.3 is 6.09 Å². The van der Waals surface area contributed by atoms with Crippen molar-refractivity contribution in [1.29, 1.82) is 0 Å². The highest BCUT2D eigenvalue weighted by atomic mass is 16.6. The normalized spacial score (nSPS) is 29.2. The van der Waals surface area contributed by atoms with Crippen LogP contribution < -0.4 is 0 Å². The molecule has 24 heavy (non-hydrogen) atoms. The Kier molecular flexibility index (Phi) is 5.79. The second-order valence-electron chi connectivity index (χ2n) is 8.22. The number of carbonyl (C=O) groups is 1. The number of nitrogens with zero attached hydrogens (tertiary/aromatic N) is 2. The van der Waals surface area contributed by atoms with Crippen LogP contribution in [0, 0.1) is 0 Å². The highest BCUT2D eigenvalue weighted by molar-refractivity contribution is 5.70. The zero-order valence-corrected chi connectivity index (χ0v) is 15.5. The summed E-state index contributed by atoms with van der Waals surface area (Å²) >= 11 is 0. The minimum Gasteiger partial charge on any atom is -0.447 e. The summed E-state index contributed by atoms with van der Waals surface area (Å²) in [5.74, 6) is 0. The van der Waals surface area contributed by atoms with Gasteiger partial charge in [-0.1, -0.05) is 0 Å². The Labute approximate surface area is 144 Å². The van der Waals surface area contributed by atoms with Crippen molar-refractivity contribution in [3.05, 3.63) is 0 Å². The number of aliphatic hydroxyl groups is 2. The Bertz CT molecular complexity index is 451. The van der Waals surface area contributed by atoms with Gasteiger partial charge in [-0.2, -0.15) is 0 Å². The summed E-state index contributed by atoms with van der Waals surface area (Å²) in [5.41, 5.74) is -0.844. The molecule has 7 heteroatoms. The second-order valence-corrected chi connectivity index (χ2v) is 8.22. The zero-order chi connectivity index (χ0) is 18.1. The summed E-state index contributed by atoms with van der Waals surface area (Å²) in [6, 6.07) is 0. The van der Waals surface area contributed by atoms with Crippen LogP contribution in [0.1, 0.15) is 41.0 Å². The SMILES string of the molecule is CC(C)OC(=O)N1CCN(CC(O)COC(C)(C)C)C[C@@]12C[C@H]2O. The van der Waals surface area contributed by atoms with E-state index in [0.29, 0.717) is 32.6 Å². The third-order valence-corrected chi connectivity index (χ3v) is 4.42. The lowest BCUT2D eigenvalue weighted by atomic mass is 10.1. The van der Waals surface area contributed by atoms with Crippen molar-refractivity contribution in [2.24, 2.45) is 0 Å².